The summed E-state index contributed by atoms with van der Waals surface area (Å²) < 4.78 is 17.4. The quantitative estimate of drug-likeness (QED) is 0.944. The molecule has 0 unspecified atom stereocenters. The Labute approximate surface area is 133 Å². The third-order valence-electron chi connectivity index (χ3n) is 4.72. The van der Waals surface area contributed by atoms with Crippen LogP contribution < -0.4 is 10.2 Å². The van der Waals surface area contributed by atoms with Crippen LogP contribution in [0.5, 0.6) is 0 Å². The van der Waals surface area contributed by atoms with Gasteiger partial charge in [0.15, 0.2) is 0 Å². The molecular formula is C16H19FN4S. The zero-order valence-electron chi connectivity index (χ0n) is 12.4. The molecule has 4 rings (SSSR count). The number of rotatable bonds is 3. The van der Waals surface area contributed by atoms with Gasteiger partial charge in [-0.25, -0.2) is 9.37 Å². The maximum atomic E-state index is 12.9. The molecular weight excluding hydrogens is 299 g/mol. The van der Waals surface area contributed by atoms with E-state index in [4.69, 9.17) is 0 Å². The fourth-order valence-electron chi connectivity index (χ4n) is 3.40. The van der Waals surface area contributed by atoms with Crippen LogP contribution in [0.4, 0.5) is 9.52 Å². The molecule has 1 aromatic heterocycles. The number of nitrogens with zero attached hydrogens (tertiary/aromatic N) is 3. The Balaban J connectivity index is 1.39. The van der Waals surface area contributed by atoms with Crippen LogP contribution in [0.25, 0.3) is 0 Å². The van der Waals surface area contributed by atoms with Gasteiger partial charge in [-0.2, -0.15) is 4.37 Å². The van der Waals surface area contributed by atoms with Crippen molar-refractivity contribution in [3.63, 3.8) is 0 Å². The molecule has 116 valence electrons. The van der Waals surface area contributed by atoms with E-state index in [1.54, 1.807) is 12.1 Å². The number of anilines is 1. The first kappa shape index (κ1) is 14.1. The summed E-state index contributed by atoms with van der Waals surface area (Å²) in [5, 5.41) is 4.46. The van der Waals surface area contributed by atoms with Crippen LogP contribution in [0, 0.1) is 11.2 Å². The number of benzene rings is 1. The summed E-state index contributed by atoms with van der Waals surface area (Å²) in [6.45, 7) is 4.50. The van der Waals surface area contributed by atoms with E-state index >= 15 is 0 Å². The van der Waals surface area contributed by atoms with Gasteiger partial charge in [-0.05, 0) is 43.6 Å². The predicted molar refractivity (Wildman–Crippen MR) is 85.9 cm³/mol. The number of piperidine rings is 1. The molecule has 0 saturated carbocycles. The second-order valence-electron chi connectivity index (χ2n) is 6.40. The number of hydrogen-bond donors (Lipinski definition) is 1. The average Bonchev–Trinajstić information content (AvgIpc) is 2.96. The van der Waals surface area contributed by atoms with E-state index in [2.05, 4.69) is 19.6 Å². The zero-order valence-corrected chi connectivity index (χ0v) is 13.2. The highest BCUT2D eigenvalue weighted by molar-refractivity contribution is 7.09. The molecule has 2 fully saturated rings. The van der Waals surface area contributed by atoms with Crippen molar-refractivity contribution in [2.45, 2.75) is 19.3 Å². The second-order valence-corrected chi connectivity index (χ2v) is 7.13. The minimum Gasteiger partial charge on any atom is -0.346 e. The van der Waals surface area contributed by atoms with Crippen LogP contribution in [0.2, 0.25) is 0 Å². The van der Waals surface area contributed by atoms with Gasteiger partial charge in [0.1, 0.15) is 11.6 Å². The van der Waals surface area contributed by atoms with Crippen LogP contribution in [0.15, 0.2) is 24.3 Å². The molecule has 0 amide bonds. The number of halogens is 1. The lowest BCUT2D eigenvalue weighted by Gasteiger charge is -2.52. The Morgan fingerprint density at radius 1 is 1.18 bits per heavy atom. The molecule has 4 nitrogen and oxygen atoms in total. The van der Waals surface area contributed by atoms with Crippen molar-refractivity contribution in [2.75, 3.05) is 31.1 Å². The van der Waals surface area contributed by atoms with Gasteiger partial charge >= 0.3 is 0 Å². The van der Waals surface area contributed by atoms with Crippen LogP contribution in [0.3, 0.4) is 0 Å². The Kier molecular flexibility index (Phi) is 3.58. The summed E-state index contributed by atoms with van der Waals surface area (Å²) >= 11 is 1.48. The normalized spacial score (nSPS) is 20.1. The van der Waals surface area contributed by atoms with Gasteiger partial charge in [0.25, 0.3) is 0 Å². The SMILES string of the molecule is Fc1ccc(Cc2nsc(N3CC4(CCNCC4)C3)n2)cc1. The first-order valence-corrected chi connectivity index (χ1v) is 8.53. The molecule has 0 radical (unpaired) electrons. The first-order valence-electron chi connectivity index (χ1n) is 7.75. The van der Waals surface area contributed by atoms with E-state index in [1.165, 1.54) is 36.5 Å². The van der Waals surface area contributed by atoms with Gasteiger partial charge in [-0.1, -0.05) is 12.1 Å². The molecule has 1 aromatic carbocycles. The van der Waals surface area contributed by atoms with Crippen molar-refractivity contribution in [3.05, 3.63) is 41.5 Å². The number of nitrogens with one attached hydrogen (secondary N) is 1. The fourth-order valence-corrected chi connectivity index (χ4v) is 4.09. The molecule has 2 aromatic rings. The molecule has 22 heavy (non-hydrogen) atoms. The van der Waals surface area contributed by atoms with E-state index in [-0.39, 0.29) is 5.82 Å². The van der Waals surface area contributed by atoms with E-state index < -0.39 is 0 Å². The summed E-state index contributed by atoms with van der Waals surface area (Å²) in [5.41, 5.74) is 1.55. The molecule has 2 aliphatic rings. The highest BCUT2D eigenvalue weighted by atomic mass is 32.1. The Bertz CT molecular complexity index is 640. The highest BCUT2D eigenvalue weighted by Crippen LogP contribution is 2.41. The van der Waals surface area contributed by atoms with Gasteiger partial charge in [-0.15, -0.1) is 0 Å². The van der Waals surface area contributed by atoms with Crippen LogP contribution in [0.1, 0.15) is 24.2 Å². The van der Waals surface area contributed by atoms with Crippen LogP contribution >= 0.6 is 11.5 Å². The Hall–Kier alpha value is -1.53. The smallest absolute Gasteiger partial charge is 0.205 e. The van der Waals surface area contributed by atoms with E-state index in [0.717, 1.165) is 42.7 Å². The molecule has 1 spiro atoms. The monoisotopic (exact) mass is 318 g/mol. The topological polar surface area (TPSA) is 41.1 Å². The second kappa shape index (κ2) is 5.59. The maximum absolute atomic E-state index is 12.9. The molecule has 0 bridgehead atoms. The minimum atomic E-state index is -0.205. The van der Waals surface area contributed by atoms with Gasteiger partial charge < -0.3 is 10.2 Å². The van der Waals surface area contributed by atoms with Crippen molar-refractivity contribution in [1.29, 1.82) is 0 Å². The van der Waals surface area contributed by atoms with Gasteiger partial charge in [0.2, 0.25) is 5.13 Å². The molecule has 0 atom stereocenters. The highest BCUT2D eigenvalue weighted by Gasteiger charge is 2.44. The molecule has 3 heterocycles. The van der Waals surface area contributed by atoms with Crippen LogP contribution in [-0.2, 0) is 6.42 Å². The average molecular weight is 318 g/mol. The molecule has 6 heteroatoms. The Morgan fingerprint density at radius 2 is 1.91 bits per heavy atom. The van der Waals surface area contributed by atoms with Crippen LogP contribution in [-0.4, -0.2) is 35.5 Å². The lowest BCUT2D eigenvalue weighted by Crippen LogP contribution is -2.60. The zero-order chi connectivity index (χ0) is 15.0. The first-order chi connectivity index (χ1) is 10.7. The fraction of sp³-hybridized carbons (Fsp3) is 0.500. The minimum absolute atomic E-state index is 0.205. The lowest BCUT2D eigenvalue weighted by atomic mass is 9.73. The lowest BCUT2D eigenvalue weighted by molar-refractivity contribution is 0.150. The molecule has 1 N–H and O–H groups in total. The molecule has 2 aliphatic heterocycles. The third kappa shape index (κ3) is 2.73. The van der Waals surface area contributed by atoms with E-state index in [9.17, 15) is 4.39 Å². The third-order valence-corrected chi connectivity index (χ3v) is 5.53. The maximum Gasteiger partial charge on any atom is 0.205 e. The van der Waals surface area contributed by atoms with Gasteiger partial charge in [0, 0.05) is 36.5 Å². The van der Waals surface area contributed by atoms with Crippen molar-refractivity contribution >= 4 is 16.7 Å². The largest absolute Gasteiger partial charge is 0.346 e. The van der Waals surface area contributed by atoms with Gasteiger partial charge in [-0.3, -0.25) is 0 Å². The summed E-state index contributed by atoms with van der Waals surface area (Å²) in [6.07, 6.45) is 3.20. The van der Waals surface area contributed by atoms with E-state index in [1.807, 2.05) is 0 Å². The number of aromatic nitrogens is 2. The number of hydrogen-bond acceptors (Lipinski definition) is 5. The van der Waals surface area contributed by atoms with Crippen molar-refractivity contribution in [2.24, 2.45) is 5.41 Å². The van der Waals surface area contributed by atoms with Crippen molar-refractivity contribution in [1.82, 2.24) is 14.7 Å². The summed E-state index contributed by atoms with van der Waals surface area (Å²) in [6, 6.07) is 6.56. The summed E-state index contributed by atoms with van der Waals surface area (Å²) in [5.74, 6) is 0.626. The summed E-state index contributed by atoms with van der Waals surface area (Å²) in [7, 11) is 0. The summed E-state index contributed by atoms with van der Waals surface area (Å²) in [4.78, 5) is 7.00. The Morgan fingerprint density at radius 3 is 2.64 bits per heavy atom. The van der Waals surface area contributed by atoms with Gasteiger partial charge in [0.05, 0.1) is 0 Å². The predicted octanol–water partition coefficient (Wildman–Crippen LogP) is 2.46. The van der Waals surface area contributed by atoms with E-state index in [0.29, 0.717) is 11.8 Å². The van der Waals surface area contributed by atoms with Crippen molar-refractivity contribution in [3.8, 4) is 0 Å². The van der Waals surface area contributed by atoms with Crippen molar-refractivity contribution < 1.29 is 4.39 Å². The molecule has 0 aliphatic carbocycles. The molecule has 2 saturated heterocycles. The standard InChI is InChI=1S/C16H19FN4S/c17-13-3-1-12(2-4-13)9-14-19-15(22-20-14)21-10-16(11-21)5-7-18-8-6-16/h1-4,18H,5-11H2.